The van der Waals surface area contributed by atoms with Gasteiger partial charge in [-0.1, -0.05) is 18.5 Å². The number of amides is 1. The van der Waals surface area contributed by atoms with Crippen LogP contribution in [0.1, 0.15) is 17.3 Å². The van der Waals surface area contributed by atoms with E-state index in [9.17, 15) is 9.90 Å². The number of nitrogens with one attached hydrogen (secondary N) is 1. The molecule has 2 N–H and O–H groups in total. The fourth-order valence-corrected chi connectivity index (χ4v) is 1.78. The molecule has 1 aromatic carbocycles. The number of carbonyl (C=O) groups is 1. The monoisotopic (exact) mass is 255 g/mol. The largest absolute Gasteiger partial charge is 0.506 e. The first-order chi connectivity index (χ1) is 8.00. The van der Waals surface area contributed by atoms with E-state index in [0.717, 1.165) is 0 Å². The van der Waals surface area contributed by atoms with Crippen LogP contribution in [0.3, 0.4) is 0 Å². The Hall–Kier alpha value is -1.26. The van der Waals surface area contributed by atoms with Crippen molar-refractivity contribution in [2.24, 2.45) is 5.41 Å². The third-order valence-corrected chi connectivity index (χ3v) is 3.09. The van der Waals surface area contributed by atoms with E-state index in [2.05, 4.69) is 12.2 Å². The maximum absolute atomic E-state index is 11.8. The van der Waals surface area contributed by atoms with E-state index in [4.69, 9.17) is 16.3 Å². The highest BCUT2D eigenvalue weighted by Crippen LogP contribution is 2.26. The van der Waals surface area contributed by atoms with Gasteiger partial charge in [0.1, 0.15) is 5.75 Å². The van der Waals surface area contributed by atoms with Crippen LogP contribution in [0.4, 0.5) is 0 Å². The van der Waals surface area contributed by atoms with Gasteiger partial charge in [-0.15, -0.1) is 0 Å². The van der Waals surface area contributed by atoms with Gasteiger partial charge in [0.25, 0.3) is 5.91 Å². The van der Waals surface area contributed by atoms with Gasteiger partial charge in [-0.2, -0.15) is 0 Å². The van der Waals surface area contributed by atoms with Crippen molar-refractivity contribution in [3.8, 4) is 5.75 Å². The Kier molecular flexibility index (Phi) is 3.26. The average Bonchev–Trinajstić information content (AvgIpc) is 2.27. The summed E-state index contributed by atoms with van der Waals surface area (Å²) in [7, 11) is 0. The van der Waals surface area contributed by atoms with Crippen LogP contribution in [0.25, 0.3) is 0 Å². The molecule has 0 unspecified atom stereocenters. The van der Waals surface area contributed by atoms with E-state index >= 15 is 0 Å². The quantitative estimate of drug-likeness (QED) is 0.866. The van der Waals surface area contributed by atoms with Gasteiger partial charge in [0, 0.05) is 17.5 Å². The van der Waals surface area contributed by atoms with Crippen LogP contribution in [0.5, 0.6) is 5.75 Å². The number of aromatic hydroxyl groups is 1. The van der Waals surface area contributed by atoms with E-state index in [1.54, 1.807) is 0 Å². The predicted octanol–water partition coefficient (Wildman–Crippen LogP) is 1.81. The molecule has 0 aromatic heterocycles. The van der Waals surface area contributed by atoms with Gasteiger partial charge in [-0.05, 0) is 18.2 Å². The molecule has 2 rings (SSSR count). The number of carbonyl (C=O) groups excluding carboxylic acids is 1. The van der Waals surface area contributed by atoms with Crippen LogP contribution in [0.2, 0.25) is 5.02 Å². The highest BCUT2D eigenvalue weighted by Gasteiger charge is 2.33. The number of phenolic OH excluding ortho intramolecular Hbond substituents is 1. The molecule has 0 bridgehead atoms. The molecule has 1 aliphatic rings. The van der Waals surface area contributed by atoms with Gasteiger partial charge in [-0.3, -0.25) is 4.79 Å². The minimum Gasteiger partial charge on any atom is -0.506 e. The number of rotatable bonds is 3. The third-order valence-electron chi connectivity index (χ3n) is 2.79. The second-order valence-electron chi connectivity index (χ2n) is 4.65. The van der Waals surface area contributed by atoms with Gasteiger partial charge in [0.15, 0.2) is 0 Å². The Morgan fingerprint density at radius 2 is 2.29 bits per heavy atom. The summed E-state index contributed by atoms with van der Waals surface area (Å²) in [6.45, 7) is 3.97. The van der Waals surface area contributed by atoms with Gasteiger partial charge < -0.3 is 15.2 Å². The van der Waals surface area contributed by atoms with Crippen LogP contribution in [0.15, 0.2) is 18.2 Å². The molecule has 0 saturated carbocycles. The number of benzene rings is 1. The zero-order valence-corrected chi connectivity index (χ0v) is 10.3. The van der Waals surface area contributed by atoms with E-state index in [1.807, 2.05) is 0 Å². The summed E-state index contributed by atoms with van der Waals surface area (Å²) in [5.74, 6) is -0.220. The minimum atomic E-state index is -0.194. The van der Waals surface area contributed by atoms with Crippen molar-refractivity contribution in [1.82, 2.24) is 5.32 Å². The summed E-state index contributed by atoms with van der Waals surface area (Å²) in [4.78, 5) is 11.8. The SMILES string of the molecule is CC1(CNC(=O)c2ccc(O)c(Cl)c2)COC1. The van der Waals surface area contributed by atoms with Crippen LogP contribution < -0.4 is 5.32 Å². The number of halogens is 1. The van der Waals surface area contributed by atoms with Crippen molar-refractivity contribution in [3.63, 3.8) is 0 Å². The molecule has 1 fully saturated rings. The normalized spacial score (nSPS) is 17.3. The molecule has 0 radical (unpaired) electrons. The number of ether oxygens (including phenoxy) is 1. The first kappa shape index (κ1) is 12.2. The average molecular weight is 256 g/mol. The van der Waals surface area contributed by atoms with Crippen molar-refractivity contribution < 1.29 is 14.6 Å². The van der Waals surface area contributed by atoms with Crippen molar-refractivity contribution in [3.05, 3.63) is 28.8 Å². The molecule has 4 nitrogen and oxygen atoms in total. The fraction of sp³-hybridized carbons (Fsp3) is 0.417. The zero-order chi connectivity index (χ0) is 12.5. The van der Waals surface area contributed by atoms with E-state index in [1.165, 1.54) is 18.2 Å². The van der Waals surface area contributed by atoms with Gasteiger partial charge in [-0.25, -0.2) is 0 Å². The molecule has 1 amide bonds. The molecule has 5 heteroatoms. The van der Waals surface area contributed by atoms with Gasteiger partial charge in [0.2, 0.25) is 0 Å². The maximum atomic E-state index is 11.8. The molecule has 1 aliphatic heterocycles. The first-order valence-corrected chi connectivity index (χ1v) is 5.72. The summed E-state index contributed by atoms with van der Waals surface area (Å²) in [5, 5.41) is 12.3. The van der Waals surface area contributed by atoms with Crippen LogP contribution in [-0.2, 0) is 4.74 Å². The summed E-state index contributed by atoms with van der Waals surface area (Å²) in [6, 6.07) is 4.40. The minimum absolute atomic E-state index is 0.0254. The Labute approximate surface area is 105 Å². The lowest BCUT2D eigenvalue weighted by atomic mass is 9.88. The molecule has 92 valence electrons. The number of hydrogen-bond acceptors (Lipinski definition) is 3. The fourth-order valence-electron chi connectivity index (χ4n) is 1.60. The molecule has 1 aromatic rings. The lowest BCUT2D eigenvalue weighted by molar-refractivity contribution is -0.0978. The summed E-state index contributed by atoms with van der Waals surface area (Å²) >= 11 is 5.74. The molecular weight excluding hydrogens is 242 g/mol. The number of phenols is 1. The first-order valence-electron chi connectivity index (χ1n) is 5.35. The smallest absolute Gasteiger partial charge is 0.251 e. The summed E-state index contributed by atoms with van der Waals surface area (Å²) in [6.07, 6.45) is 0. The summed E-state index contributed by atoms with van der Waals surface area (Å²) < 4.78 is 5.11. The summed E-state index contributed by atoms with van der Waals surface area (Å²) in [5.41, 5.74) is 0.479. The lowest BCUT2D eigenvalue weighted by Crippen LogP contribution is -2.48. The standard InChI is InChI=1S/C12H14ClNO3/c1-12(6-17-7-12)5-14-11(16)8-2-3-10(15)9(13)4-8/h2-4,15H,5-7H2,1H3,(H,14,16). The van der Waals surface area contributed by atoms with Crippen molar-refractivity contribution >= 4 is 17.5 Å². The van der Waals surface area contributed by atoms with Gasteiger partial charge in [0.05, 0.1) is 18.2 Å². The van der Waals surface area contributed by atoms with Crippen LogP contribution in [0, 0.1) is 5.41 Å². The molecule has 1 heterocycles. The second-order valence-corrected chi connectivity index (χ2v) is 5.06. The Morgan fingerprint density at radius 3 is 2.82 bits per heavy atom. The molecular formula is C12H14ClNO3. The molecule has 1 saturated heterocycles. The molecule has 0 aliphatic carbocycles. The lowest BCUT2D eigenvalue weighted by Gasteiger charge is -2.38. The van der Waals surface area contributed by atoms with Crippen molar-refractivity contribution in [2.75, 3.05) is 19.8 Å². The highest BCUT2D eigenvalue weighted by molar-refractivity contribution is 6.32. The predicted molar refractivity (Wildman–Crippen MR) is 64.4 cm³/mol. The maximum Gasteiger partial charge on any atom is 0.251 e. The Morgan fingerprint density at radius 1 is 1.59 bits per heavy atom. The van der Waals surface area contributed by atoms with Gasteiger partial charge >= 0.3 is 0 Å². The number of hydrogen-bond donors (Lipinski definition) is 2. The zero-order valence-electron chi connectivity index (χ0n) is 9.50. The Balaban J connectivity index is 1.97. The molecule has 17 heavy (non-hydrogen) atoms. The molecule has 0 atom stereocenters. The van der Waals surface area contributed by atoms with E-state index in [-0.39, 0.29) is 22.1 Å². The highest BCUT2D eigenvalue weighted by atomic mass is 35.5. The van der Waals surface area contributed by atoms with Crippen molar-refractivity contribution in [2.45, 2.75) is 6.92 Å². The van der Waals surface area contributed by atoms with E-state index < -0.39 is 0 Å². The van der Waals surface area contributed by atoms with Crippen LogP contribution >= 0.6 is 11.6 Å². The van der Waals surface area contributed by atoms with Crippen molar-refractivity contribution in [1.29, 1.82) is 0 Å². The third kappa shape index (κ3) is 2.70. The second kappa shape index (κ2) is 4.55. The van der Waals surface area contributed by atoms with E-state index in [0.29, 0.717) is 25.3 Å². The Bertz CT molecular complexity index is 443. The molecule has 0 spiro atoms. The topological polar surface area (TPSA) is 58.6 Å². The van der Waals surface area contributed by atoms with Crippen LogP contribution in [-0.4, -0.2) is 30.8 Å².